The number of carbonyl (C=O) groups is 1. The van der Waals surface area contributed by atoms with Gasteiger partial charge in [-0.25, -0.2) is 0 Å². The van der Waals surface area contributed by atoms with Gasteiger partial charge in [-0.2, -0.15) is 0 Å². The zero-order valence-corrected chi connectivity index (χ0v) is 8.25. The molecule has 0 radical (unpaired) electrons. The largest absolute Gasteiger partial charge is 0.371 e. The summed E-state index contributed by atoms with van der Waals surface area (Å²) in [4.78, 5) is 11.5. The van der Waals surface area contributed by atoms with Crippen LogP contribution in [0.15, 0.2) is 24.3 Å². The number of rotatable bonds is 3. The first kappa shape index (κ1) is 9.49. The maximum absolute atomic E-state index is 11.5. The second-order valence-electron chi connectivity index (χ2n) is 3.15. The van der Waals surface area contributed by atoms with Crippen LogP contribution in [0.3, 0.4) is 0 Å². The molecule has 0 saturated carbocycles. The number of hydrogen-bond acceptors (Lipinski definition) is 2. The second kappa shape index (κ2) is 3.98. The lowest BCUT2D eigenvalue weighted by molar-refractivity contribution is 0.0950. The van der Waals surface area contributed by atoms with Crippen molar-refractivity contribution in [1.29, 1.82) is 0 Å². The quantitative estimate of drug-likeness (QED) is 0.770. The average molecular weight is 212 g/mol. The third kappa shape index (κ3) is 2.25. The van der Waals surface area contributed by atoms with E-state index in [1.807, 2.05) is 0 Å². The van der Waals surface area contributed by atoms with Gasteiger partial charge in [0.25, 0.3) is 5.91 Å². The summed E-state index contributed by atoms with van der Waals surface area (Å²) >= 11 is 5.86. The maximum atomic E-state index is 11.5. The molecule has 0 spiro atoms. The molecule has 1 amide bonds. The van der Waals surface area contributed by atoms with Crippen LogP contribution in [0.5, 0.6) is 0 Å². The second-order valence-corrected chi connectivity index (χ2v) is 3.55. The lowest BCUT2D eigenvalue weighted by atomic mass is 10.2. The fourth-order valence-electron chi connectivity index (χ4n) is 1.13. The molecule has 2 rings (SSSR count). The Hall–Kier alpha value is -1.06. The molecule has 1 aromatic rings. The molecule has 0 unspecified atom stereocenters. The van der Waals surface area contributed by atoms with Crippen molar-refractivity contribution in [1.82, 2.24) is 5.32 Å². The van der Waals surface area contributed by atoms with Crippen LogP contribution in [-0.4, -0.2) is 25.2 Å². The molecule has 1 aliphatic rings. The number of carbonyl (C=O) groups excluding carboxylic acids is 1. The van der Waals surface area contributed by atoms with Gasteiger partial charge in [0.05, 0.1) is 23.3 Å². The highest BCUT2D eigenvalue weighted by molar-refractivity contribution is 6.33. The summed E-state index contributed by atoms with van der Waals surface area (Å²) in [6.45, 7) is 1.30. The van der Waals surface area contributed by atoms with Crippen molar-refractivity contribution >= 4 is 17.5 Å². The zero-order valence-electron chi connectivity index (χ0n) is 7.50. The summed E-state index contributed by atoms with van der Waals surface area (Å²) in [5.41, 5.74) is 0.509. The van der Waals surface area contributed by atoms with Gasteiger partial charge in [0, 0.05) is 6.54 Å². The Morgan fingerprint density at radius 3 is 2.93 bits per heavy atom. The first-order chi connectivity index (χ1) is 6.77. The van der Waals surface area contributed by atoms with E-state index in [1.165, 1.54) is 0 Å². The Balaban J connectivity index is 1.98. The minimum absolute atomic E-state index is 0.147. The van der Waals surface area contributed by atoms with Crippen molar-refractivity contribution in [2.45, 2.75) is 6.10 Å². The van der Waals surface area contributed by atoms with Gasteiger partial charge in [-0.1, -0.05) is 23.7 Å². The predicted molar refractivity (Wildman–Crippen MR) is 53.5 cm³/mol. The first-order valence-electron chi connectivity index (χ1n) is 4.41. The summed E-state index contributed by atoms with van der Waals surface area (Å²) in [6, 6.07) is 6.98. The number of epoxide rings is 1. The summed E-state index contributed by atoms with van der Waals surface area (Å²) < 4.78 is 4.98. The Kier molecular flexibility index (Phi) is 2.70. The normalized spacial score (nSPS) is 19.1. The van der Waals surface area contributed by atoms with Gasteiger partial charge in [0.15, 0.2) is 0 Å². The van der Waals surface area contributed by atoms with E-state index in [0.717, 1.165) is 6.61 Å². The Labute approximate surface area is 87.0 Å². The fourth-order valence-corrected chi connectivity index (χ4v) is 1.35. The van der Waals surface area contributed by atoms with Gasteiger partial charge < -0.3 is 10.1 Å². The van der Waals surface area contributed by atoms with E-state index in [0.29, 0.717) is 17.1 Å². The van der Waals surface area contributed by atoms with E-state index >= 15 is 0 Å². The van der Waals surface area contributed by atoms with Crippen LogP contribution in [0.1, 0.15) is 10.4 Å². The van der Waals surface area contributed by atoms with Crippen LogP contribution >= 0.6 is 11.6 Å². The molecule has 1 atom stereocenters. The summed E-state index contributed by atoms with van der Waals surface area (Å²) in [5.74, 6) is -0.147. The maximum Gasteiger partial charge on any atom is 0.252 e. The number of nitrogens with one attached hydrogen (secondary N) is 1. The van der Waals surface area contributed by atoms with Crippen molar-refractivity contribution in [3.05, 3.63) is 34.9 Å². The van der Waals surface area contributed by atoms with Crippen molar-refractivity contribution in [3.8, 4) is 0 Å². The Bertz CT molecular complexity index is 350. The van der Waals surface area contributed by atoms with Gasteiger partial charge in [0.1, 0.15) is 0 Å². The molecule has 74 valence electrons. The summed E-state index contributed by atoms with van der Waals surface area (Å²) in [5, 5.41) is 3.23. The minimum atomic E-state index is -0.147. The standard InChI is InChI=1S/C10H10ClNO2/c11-9-4-2-1-3-8(9)10(13)12-5-7-6-14-7/h1-4,7H,5-6H2,(H,12,13)/t7-/m1/s1. The van der Waals surface area contributed by atoms with Crippen molar-refractivity contribution in [2.75, 3.05) is 13.2 Å². The van der Waals surface area contributed by atoms with E-state index in [-0.39, 0.29) is 12.0 Å². The number of ether oxygens (including phenoxy) is 1. The molecule has 1 fully saturated rings. The molecule has 1 aromatic carbocycles. The molecule has 3 nitrogen and oxygen atoms in total. The van der Waals surface area contributed by atoms with E-state index in [9.17, 15) is 4.79 Å². The van der Waals surface area contributed by atoms with Gasteiger partial charge in [-0.05, 0) is 12.1 Å². The predicted octanol–water partition coefficient (Wildman–Crippen LogP) is 1.47. The first-order valence-corrected chi connectivity index (χ1v) is 4.79. The lowest BCUT2D eigenvalue weighted by Gasteiger charge is -2.04. The monoisotopic (exact) mass is 211 g/mol. The van der Waals surface area contributed by atoms with Crippen molar-refractivity contribution in [3.63, 3.8) is 0 Å². The molecule has 14 heavy (non-hydrogen) atoms. The molecule has 1 saturated heterocycles. The van der Waals surface area contributed by atoms with Gasteiger partial charge in [0.2, 0.25) is 0 Å². The highest BCUT2D eigenvalue weighted by Gasteiger charge is 2.23. The van der Waals surface area contributed by atoms with Crippen LogP contribution in [0.4, 0.5) is 0 Å². The van der Waals surface area contributed by atoms with Gasteiger partial charge in [-0.15, -0.1) is 0 Å². The summed E-state index contributed by atoms with van der Waals surface area (Å²) in [6.07, 6.45) is 0.196. The lowest BCUT2D eigenvalue weighted by Crippen LogP contribution is -2.27. The highest BCUT2D eigenvalue weighted by Crippen LogP contribution is 2.15. The van der Waals surface area contributed by atoms with E-state index in [4.69, 9.17) is 16.3 Å². The zero-order chi connectivity index (χ0) is 9.97. The molecule has 0 bridgehead atoms. The molecule has 0 aromatic heterocycles. The Morgan fingerprint density at radius 2 is 2.29 bits per heavy atom. The highest BCUT2D eigenvalue weighted by atomic mass is 35.5. The molecule has 1 heterocycles. The molecule has 0 aliphatic carbocycles. The van der Waals surface area contributed by atoms with Gasteiger partial charge >= 0.3 is 0 Å². The minimum Gasteiger partial charge on any atom is -0.371 e. The van der Waals surface area contributed by atoms with E-state index in [1.54, 1.807) is 24.3 Å². The fraction of sp³-hybridized carbons (Fsp3) is 0.300. The average Bonchev–Trinajstić information content (AvgIpc) is 2.98. The summed E-state index contributed by atoms with van der Waals surface area (Å²) in [7, 11) is 0. The third-order valence-electron chi connectivity index (χ3n) is 2.01. The van der Waals surface area contributed by atoms with Crippen LogP contribution in [0, 0.1) is 0 Å². The smallest absolute Gasteiger partial charge is 0.252 e. The SMILES string of the molecule is O=C(NC[C@@H]1CO1)c1ccccc1Cl. The van der Waals surface area contributed by atoms with Crippen LogP contribution < -0.4 is 5.32 Å². The molecular formula is C10H10ClNO2. The number of halogens is 1. The molecular weight excluding hydrogens is 202 g/mol. The molecule has 4 heteroatoms. The van der Waals surface area contributed by atoms with E-state index < -0.39 is 0 Å². The number of benzene rings is 1. The van der Waals surface area contributed by atoms with Crippen molar-refractivity contribution in [2.24, 2.45) is 0 Å². The topological polar surface area (TPSA) is 41.6 Å². The molecule has 1 N–H and O–H groups in total. The van der Waals surface area contributed by atoms with Crippen LogP contribution in [-0.2, 0) is 4.74 Å². The number of hydrogen-bond donors (Lipinski definition) is 1. The van der Waals surface area contributed by atoms with Crippen molar-refractivity contribution < 1.29 is 9.53 Å². The van der Waals surface area contributed by atoms with Crippen LogP contribution in [0.2, 0.25) is 5.02 Å². The third-order valence-corrected chi connectivity index (χ3v) is 2.34. The number of amides is 1. The van der Waals surface area contributed by atoms with E-state index in [2.05, 4.69) is 5.32 Å². The molecule has 1 aliphatic heterocycles. The van der Waals surface area contributed by atoms with Gasteiger partial charge in [-0.3, -0.25) is 4.79 Å². The van der Waals surface area contributed by atoms with Crippen LogP contribution in [0.25, 0.3) is 0 Å². The Morgan fingerprint density at radius 1 is 1.57 bits per heavy atom.